The third-order valence-electron chi connectivity index (χ3n) is 9.62. The van der Waals surface area contributed by atoms with Gasteiger partial charge in [-0.3, -0.25) is 19.2 Å². The summed E-state index contributed by atoms with van der Waals surface area (Å²) in [4.78, 5) is 67.6. The van der Waals surface area contributed by atoms with Gasteiger partial charge in [0.2, 0.25) is 17.6 Å². The number of amides is 5. The number of nitrogens with zero attached hydrogens (tertiary/aromatic N) is 1. The fourth-order valence-corrected chi connectivity index (χ4v) is 8.16. The summed E-state index contributed by atoms with van der Waals surface area (Å²) in [7, 11) is -3.39. The van der Waals surface area contributed by atoms with Crippen LogP contribution in [0.25, 0.3) is 0 Å². The minimum atomic E-state index is -3.39. The molecule has 0 aromatic rings. The number of ketones is 1. The highest BCUT2D eigenvalue weighted by Gasteiger charge is 2.46. The summed E-state index contributed by atoms with van der Waals surface area (Å²) >= 11 is 0. The molecule has 12 nitrogen and oxygen atoms in total. The lowest BCUT2D eigenvalue weighted by Crippen LogP contribution is -2.63. The maximum atomic E-state index is 14.3. The molecule has 0 radical (unpaired) electrons. The predicted molar refractivity (Wildman–Crippen MR) is 172 cm³/mol. The van der Waals surface area contributed by atoms with Gasteiger partial charge in [0, 0.05) is 12.3 Å². The van der Waals surface area contributed by atoms with Crippen molar-refractivity contribution < 1.29 is 32.4 Å². The fourth-order valence-electron chi connectivity index (χ4n) is 6.75. The van der Waals surface area contributed by atoms with Crippen LogP contribution in [0, 0.1) is 11.3 Å². The van der Waals surface area contributed by atoms with E-state index in [1.165, 1.54) is 4.90 Å². The number of Topliss-reactive ketones (excluding diaryl/α,β-unsaturated/α-hetero) is 1. The van der Waals surface area contributed by atoms with E-state index in [1.54, 1.807) is 27.7 Å². The third-order valence-corrected chi connectivity index (χ3v) is 11.5. The van der Waals surface area contributed by atoms with Gasteiger partial charge in [0.1, 0.15) is 12.1 Å². The number of hydrogen-bond donors (Lipinski definition) is 4. The number of likely N-dealkylation sites (tertiary alicyclic amines) is 1. The molecule has 0 bridgehead atoms. The van der Waals surface area contributed by atoms with Gasteiger partial charge >= 0.3 is 6.03 Å². The Bertz CT molecular complexity index is 1290. The van der Waals surface area contributed by atoms with E-state index in [0.29, 0.717) is 25.7 Å². The van der Waals surface area contributed by atoms with E-state index in [2.05, 4.69) is 16.0 Å². The zero-order valence-corrected chi connectivity index (χ0v) is 28.6. The number of nitrogens with one attached hydrogen (secondary N) is 3. The van der Waals surface area contributed by atoms with Crippen molar-refractivity contribution in [3.8, 4) is 0 Å². The lowest BCUT2D eigenvalue weighted by molar-refractivity contribution is -0.143. The van der Waals surface area contributed by atoms with E-state index >= 15 is 0 Å². The Labute approximate surface area is 268 Å². The molecule has 1 unspecified atom stereocenters. The van der Waals surface area contributed by atoms with Gasteiger partial charge in [0.15, 0.2) is 9.84 Å². The number of nitrogens with two attached hydrogens (primary N) is 1. The van der Waals surface area contributed by atoms with Crippen molar-refractivity contribution in [3.63, 3.8) is 0 Å². The van der Waals surface area contributed by atoms with Gasteiger partial charge in [-0.05, 0) is 56.4 Å². The van der Waals surface area contributed by atoms with Gasteiger partial charge in [-0.2, -0.15) is 0 Å². The summed E-state index contributed by atoms with van der Waals surface area (Å²) < 4.78 is 25.2. The van der Waals surface area contributed by atoms with Crippen molar-refractivity contribution in [3.05, 3.63) is 11.1 Å². The van der Waals surface area contributed by atoms with E-state index in [9.17, 15) is 32.4 Å². The molecule has 5 N–H and O–H groups in total. The molecule has 13 heteroatoms. The Morgan fingerprint density at radius 1 is 1.00 bits per heavy atom. The van der Waals surface area contributed by atoms with Gasteiger partial charge in [0.25, 0.3) is 5.91 Å². The second-order valence-corrected chi connectivity index (χ2v) is 16.8. The molecule has 45 heavy (non-hydrogen) atoms. The first-order valence-electron chi connectivity index (χ1n) is 16.3. The lowest BCUT2D eigenvalue weighted by Gasteiger charge is -2.40. The highest BCUT2D eigenvalue weighted by atomic mass is 32.2. The SMILES string of the molecule is CCS(=O)(=O)CC1(NC(=O)N[C@H](C(=O)N2CCC(=C(C)C)[C@H]2C(=O)NC(CC2CCC2)C(=O)C(N)=O)C(C)(C)C)CCCCC1. The Balaban J connectivity index is 1.86. The van der Waals surface area contributed by atoms with Crippen molar-refractivity contribution in [2.75, 3.05) is 18.1 Å². The maximum Gasteiger partial charge on any atom is 0.315 e. The first kappa shape index (κ1) is 36.5. The number of hydrogen-bond acceptors (Lipinski definition) is 7. The van der Waals surface area contributed by atoms with Crippen molar-refractivity contribution in [1.29, 1.82) is 0 Å². The highest BCUT2D eigenvalue weighted by Crippen LogP contribution is 2.34. The van der Waals surface area contributed by atoms with E-state index < -0.39 is 68.5 Å². The fraction of sp³-hybridized carbons (Fsp3) is 0.781. The van der Waals surface area contributed by atoms with Crippen LogP contribution in [0.1, 0.15) is 106 Å². The van der Waals surface area contributed by atoms with Crippen LogP contribution in [-0.2, 0) is 29.0 Å². The quantitative estimate of drug-likeness (QED) is 0.184. The molecule has 1 saturated heterocycles. The molecular formula is C32H53N5O7S. The summed E-state index contributed by atoms with van der Waals surface area (Å²) in [5.74, 6) is -3.01. The minimum absolute atomic E-state index is 0.0290. The molecule has 2 saturated carbocycles. The molecule has 0 aromatic carbocycles. The molecule has 3 fully saturated rings. The van der Waals surface area contributed by atoms with Gasteiger partial charge < -0.3 is 26.6 Å². The summed E-state index contributed by atoms with van der Waals surface area (Å²) in [6.07, 6.45) is 7.15. The molecule has 254 valence electrons. The number of allylic oxidation sites excluding steroid dienone is 1. The van der Waals surface area contributed by atoms with Crippen molar-refractivity contribution in [2.45, 2.75) is 129 Å². The van der Waals surface area contributed by atoms with Crippen molar-refractivity contribution in [1.82, 2.24) is 20.9 Å². The van der Waals surface area contributed by atoms with Crippen molar-refractivity contribution >= 4 is 39.4 Å². The Hall–Kier alpha value is -2.96. The number of rotatable bonds is 12. The molecule has 3 atom stereocenters. The van der Waals surface area contributed by atoms with Gasteiger partial charge in [-0.1, -0.05) is 71.8 Å². The second-order valence-electron chi connectivity index (χ2n) is 14.4. The van der Waals surface area contributed by atoms with Gasteiger partial charge in [-0.15, -0.1) is 0 Å². The number of urea groups is 1. The molecule has 0 aromatic heterocycles. The highest BCUT2D eigenvalue weighted by molar-refractivity contribution is 7.91. The summed E-state index contributed by atoms with van der Waals surface area (Å²) in [6, 6.07) is -3.79. The molecule has 5 amide bonds. The van der Waals surface area contributed by atoms with E-state index in [-0.39, 0.29) is 24.0 Å². The average molecular weight is 652 g/mol. The Kier molecular flexibility index (Phi) is 11.9. The molecule has 1 aliphatic heterocycles. The van der Waals surface area contributed by atoms with E-state index in [4.69, 9.17) is 5.73 Å². The zero-order valence-electron chi connectivity index (χ0n) is 27.8. The number of carbonyl (C=O) groups excluding carboxylic acids is 5. The molecule has 3 rings (SSSR count). The zero-order chi connectivity index (χ0) is 33.7. The van der Waals surface area contributed by atoms with E-state index in [1.807, 2.05) is 13.8 Å². The van der Waals surface area contributed by atoms with E-state index in [0.717, 1.165) is 49.7 Å². The smallest absolute Gasteiger partial charge is 0.315 e. The third kappa shape index (κ3) is 9.29. The standard InChI is InChI=1S/C32H53N5O7S/c1-7-45(43,44)19-32(15-9-8-10-16-32)36-30(42)35-26(31(4,5)6)29(41)37-17-14-22(20(2)3)24(37)28(40)34-23(25(38)27(33)39)18-21-12-11-13-21/h21,23-24,26H,7-19H2,1-6H3,(H2,33,39)(H,34,40)(H2,35,36,42)/t23?,24-,26+/m0/s1. The average Bonchev–Trinajstić information content (AvgIpc) is 3.37. The largest absolute Gasteiger partial charge is 0.363 e. The summed E-state index contributed by atoms with van der Waals surface area (Å²) in [6.45, 7) is 10.9. The number of primary amides is 1. The summed E-state index contributed by atoms with van der Waals surface area (Å²) in [5.41, 5.74) is 5.21. The number of carbonyl (C=O) groups is 5. The van der Waals surface area contributed by atoms with Crippen LogP contribution in [0.3, 0.4) is 0 Å². The predicted octanol–water partition coefficient (Wildman–Crippen LogP) is 2.50. The van der Waals surface area contributed by atoms with Crippen LogP contribution in [0.2, 0.25) is 0 Å². The summed E-state index contributed by atoms with van der Waals surface area (Å²) in [5, 5.41) is 8.51. The van der Waals surface area contributed by atoms with Crippen LogP contribution in [-0.4, -0.2) is 84.6 Å². The second kappa shape index (κ2) is 14.6. The molecule has 1 heterocycles. The first-order valence-corrected chi connectivity index (χ1v) is 18.1. The van der Waals surface area contributed by atoms with Crippen LogP contribution in [0.4, 0.5) is 4.79 Å². The molecule has 3 aliphatic rings. The topological polar surface area (TPSA) is 185 Å². The van der Waals surface area contributed by atoms with Gasteiger partial charge in [-0.25, -0.2) is 13.2 Å². The van der Waals surface area contributed by atoms with Crippen molar-refractivity contribution in [2.24, 2.45) is 17.1 Å². The molecule has 0 spiro atoms. The molecule has 2 aliphatic carbocycles. The monoisotopic (exact) mass is 651 g/mol. The lowest BCUT2D eigenvalue weighted by atomic mass is 9.80. The van der Waals surface area contributed by atoms with Crippen LogP contribution in [0.15, 0.2) is 11.1 Å². The Morgan fingerprint density at radius 2 is 1.62 bits per heavy atom. The van der Waals surface area contributed by atoms with Gasteiger partial charge in [0.05, 0.1) is 17.3 Å². The van der Waals surface area contributed by atoms with Crippen LogP contribution in [0.5, 0.6) is 0 Å². The minimum Gasteiger partial charge on any atom is -0.363 e. The normalized spacial score (nSPS) is 21.7. The van der Waals surface area contributed by atoms with Crippen LogP contribution < -0.4 is 21.7 Å². The Morgan fingerprint density at radius 3 is 2.11 bits per heavy atom. The van der Waals surface area contributed by atoms with Crippen LogP contribution >= 0.6 is 0 Å². The maximum absolute atomic E-state index is 14.3. The molecular weight excluding hydrogens is 598 g/mol. The first-order chi connectivity index (χ1) is 20.9. The number of sulfone groups is 1.